The number of ether oxygens (including phenoxy) is 1. The average Bonchev–Trinajstić information content (AvgIpc) is 2.49. The van der Waals surface area contributed by atoms with E-state index in [1.165, 1.54) is 38.5 Å². The molecule has 0 aromatic carbocycles. The van der Waals surface area contributed by atoms with Crippen molar-refractivity contribution in [3.05, 3.63) is 0 Å². The Morgan fingerprint density at radius 2 is 1.58 bits per heavy atom. The van der Waals surface area contributed by atoms with Crippen molar-refractivity contribution in [2.45, 2.75) is 71.0 Å². The first-order chi connectivity index (χ1) is 11.5. The highest BCUT2D eigenvalue weighted by molar-refractivity contribution is 5.83. The van der Waals surface area contributed by atoms with Crippen LogP contribution in [0.4, 0.5) is 0 Å². The maximum absolute atomic E-state index is 12.9. The zero-order valence-electron chi connectivity index (χ0n) is 15.4. The lowest BCUT2D eigenvalue weighted by Gasteiger charge is -2.55. The van der Waals surface area contributed by atoms with Crippen molar-refractivity contribution in [3.63, 3.8) is 0 Å². The Bertz CT molecular complexity index is 433. The van der Waals surface area contributed by atoms with E-state index in [0.29, 0.717) is 18.1 Å². The van der Waals surface area contributed by atoms with E-state index in [2.05, 4.69) is 24.1 Å². The third-order valence-corrected chi connectivity index (χ3v) is 6.95. The molecule has 4 heteroatoms. The number of nitrogens with zero attached hydrogens (tertiary/aromatic N) is 1. The first-order valence-electron chi connectivity index (χ1n) is 10.2. The van der Waals surface area contributed by atoms with E-state index in [1.54, 1.807) is 0 Å². The van der Waals surface area contributed by atoms with Gasteiger partial charge in [-0.25, -0.2) is 0 Å². The van der Waals surface area contributed by atoms with E-state index in [-0.39, 0.29) is 5.41 Å². The van der Waals surface area contributed by atoms with E-state index in [0.717, 1.165) is 50.4 Å². The van der Waals surface area contributed by atoms with Crippen LogP contribution in [0.5, 0.6) is 0 Å². The number of hydrogen-bond acceptors (Lipinski definition) is 3. The van der Waals surface area contributed by atoms with Crippen LogP contribution >= 0.6 is 0 Å². The summed E-state index contributed by atoms with van der Waals surface area (Å²) in [6.45, 7) is 8.25. The van der Waals surface area contributed by atoms with Crippen LogP contribution in [0.2, 0.25) is 0 Å². The number of nitrogens with one attached hydrogen (secondary N) is 1. The van der Waals surface area contributed by atoms with Crippen LogP contribution < -0.4 is 5.32 Å². The number of morpholine rings is 1. The lowest BCUT2D eigenvalue weighted by Crippen LogP contribution is -2.53. The SMILES string of the molecule is CC1CN(CCCNC(=O)C23CC4CC(CC(C4)C2)C3)CC(C)O1. The van der Waals surface area contributed by atoms with Crippen LogP contribution in [0.25, 0.3) is 0 Å². The van der Waals surface area contributed by atoms with Gasteiger partial charge in [0.25, 0.3) is 0 Å². The van der Waals surface area contributed by atoms with Gasteiger partial charge in [0.15, 0.2) is 0 Å². The second-order valence-electron chi connectivity index (χ2n) is 9.32. The molecule has 5 fully saturated rings. The molecule has 0 spiro atoms. The fourth-order valence-corrected chi connectivity index (χ4v) is 6.55. The van der Waals surface area contributed by atoms with Gasteiger partial charge in [0.1, 0.15) is 0 Å². The molecule has 4 bridgehead atoms. The van der Waals surface area contributed by atoms with Gasteiger partial charge in [-0.15, -0.1) is 0 Å². The summed E-state index contributed by atoms with van der Waals surface area (Å²) in [5.74, 6) is 2.92. The van der Waals surface area contributed by atoms with Crippen molar-refractivity contribution in [1.29, 1.82) is 0 Å². The van der Waals surface area contributed by atoms with Crippen molar-refractivity contribution < 1.29 is 9.53 Å². The van der Waals surface area contributed by atoms with Crippen molar-refractivity contribution in [2.24, 2.45) is 23.2 Å². The average molecular weight is 335 g/mol. The molecule has 5 aliphatic rings. The fourth-order valence-electron chi connectivity index (χ4n) is 6.55. The topological polar surface area (TPSA) is 41.6 Å². The van der Waals surface area contributed by atoms with Gasteiger partial charge in [-0.05, 0) is 76.5 Å². The largest absolute Gasteiger partial charge is 0.373 e. The van der Waals surface area contributed by atoms with Crippen molar-refractivity contribution >= 4 is 5.91 Å². The van der Waals surface area contributed by atoms with Gasteiger partial charge < -0.3 is 10.1 Å². The summed E-state index contributed by atoms with van der Waals surface area (Å²) >= 11 is 0. The molecule has 4 nitrogen and oxygen atoms in total. The minimum Gasteiger partial charge on any atom is -0.373 e. The van der Waals surface area contributed by atoms with Crippen molar-refractivity contribution in [3.8, 4) is 0 Å². The monoisotopic (exact) mass is 334 g/mol. The number of hydrogen-bond donors (Lipinski definition) is 1. The molecule has 2 atom stereocenters. The van der Waals surface area contributed by atoms with Crippen LogP contribution in [0.1, 0.15) is 58.8 Å². The van der Waals surface area contributed by atoms with Crippen molar-refractivity contribution in [1.82, 2.24) is 10.2 Å². The zero-order valence-corrected chi connectivity index (χ0v) is 15.4. The molecular weight excluding hydrogens is 300 g/mol. The minimum absolute atomic E-state index is 0.0107. The highest BCUT2D eigenvalue weighted by atomic mass is 16.5. The number of rotatable bonds is 5. The molecule has 1 N–H and O–H groups in total. The van der Waals surface area contributed by atoms with Crippen molar-refractivity contribution in [2.75, 3.05) is 26.2 Å². The Labute approximate surface area is 146 Å². The molecule has 1 heterocycles. The van der Waals surface area contributed by atoms with E-state index in [4.69, 9.17) is 4.74 Å². The van der Waals surface area contributed by atoms with Crippen LogP contribution in [-0.4, -0.2) is 49.2 Å². The zero-order chi connectivity index (χ0) is 16.7. The number of amides is 1. The second kappa shape index (κ2) is 6.60. The summed E-state index contributed by atoms with van der Waals surface area (Å²) in [6, 6.07) is 0. The second-order valence-corrected chi connectivity index (χ2v) is 9.32. The molecule has 5 rings (SSSR count). The molecule has 1 aliphatic heterocycles. The molecule has 0 aromatic heterocycles. The van der Waals surface area contributed by atoms with E-state index < -0.39 is 0 Å². The van der Waals surface area contributed by atoms with Crippen LogP contribution in [0.3, 0.4) is 0 Å². The van der Waals surface area contributed by atoms with Gasteiger partial charge >= 0.3 is 0 Å². The molecule has 0 radical (unpaired) electrons. The molecule has 136 valence electrons. The minimum atomic E-state index is 0.0107. The Morgan fingerprint density at radius 3 is 2.12 bits per heavy atom. The lowest BCUT2D eigenvalue weighted by molar-refractivity contribution is -0.146. The highest BCUT2D eigenvalue weighted by Crippen LogP contribution is 2.60. The summed E-state index contributed by atoms with van der Waals surface area (Å²) < 4.78 is 5.79. The van der Waals surface area contributed by atoms with Crippen LogP contribution in [0.15, 0.2) is 0 Å². The molecule has 1 amide bonds. The summed E-state index contributed by atoms with van der Waals surface area (Å²) in [4.78, 5) is 15.4. The molecular formula is C20H34N2O2. The predicted octanol–water partition coefficient (Wildman–Crippen LogP) is 2.82. The Morgan fingerprint density at radius 1 is 1.04 bits per heavy atom. The first kappa shape index (κ1) is 16.8. The Kier molecular flexibility index (Phi) is 4.63. The van der Waals surface area contributed by atoms with E-state index in [1.807, 2.05) is 0 Å². The van der Waals surface area contributed by atoms with Crippen LogP contribution in [0, 0.1) is 23.2 Å². The summed E-state index contributed by atoms with van der Waals surface area (Å²) in [7, 11) is 0. The molecule has 0 aromatic rings. The van der Waals surface area contributed by atoms with E-state index >= 15 is 0 Å². The molecule has 1 saturated heterocycles. The Balaban J connectivity index is 1.23. The smallest absolute Gasteiger partial charge is 0.226 e. The maximum atomic E-state index is 12.9. The van der Waals surface area contributed by atoms with Gasteiger partial charge in [0.2, 0.25) is 5.91 Å². The van der Waals surface area contributed by atoms with Gasteiger partial charge in [-0.3, -0.25) is 9.69 Å². The number of carbonyl (C=O) groups excluding carboxylic acids is 1. The van der Waals surface area contributed by atoms with Crippen LogP contribution in [-0.2, 0) is 9.53 Å². The molecule has 2 unspecified atom stereocenters. The van der Waals surface area contributed by atoms with Gasteiger partial charge in [0.05, 0.1) is 12.2 Å². The quantitative estimate of drug-likeness (QED) is 0.786. The van der Waals surface area contributed by atoms with Gasteiger partial charge in [-0.1, -0.05) is 0 Å². The summed E-state index contributed by atoms with van der Waals surface area (Å²) in [5.41, 5.74) is 0.0107. The molecule has 4 aliphatic carbocycles. The Hall–Kier alpha value is -0.610. The normalized spacial score (nSPS) is 44.7. The highest BCUT2D eigenvalue weighted by Gasteiger charge is 2.54. The summed E-state index contributed by atoms with van der Waals surface area (Å²) in [6.07, 6.45) is 9.43. The summed E-state index contributed by atoms with van der Waals surface area (Å²) in [5, 5.41) is 3.30. The third-order valence-electron chi connectivity index (χ3n) is 6.95. The van der Waals surface area contributed by atoms with Gasteiger partial charge in [-0.2, -0.15) is 0 Å². The number of carbonyl (C=O) groups is 1. The lowest BCUT2D eigenvalue weighted by atomic mass is 9.49. The molecule has 4 saturated carbocycles. The van der Waals surface area contributed by atoms with Gasteiger partial charge in [0, 0.05) is 31.6 Å². The predicted molar refractivity (Wildman–Crippen MR) is 94.7 cm³/mol. The first-order valence-corrected chi connectivity index (χ1v) is 10.2. The molecule has 24 heavy (non-hydrogen) atoms. The standard InChI is InChI=1S/C20H34N2O2/c1-14-12-22(13-15(2)24-14)5-3-4-21-19(23)20-9-16-6-17(10-20)8-18(7-16)11-20/h14-18H,3-13H2,1-2H3,(H,21,23). The third kappa shape index (κ3) is 3.37. The van der Waals surface area contributed by atoms with E-state index in [9.17, 15) is 4.79 Å². The fraction of sp³-hybridized carbons (Fsp3) is 0.950. The maximum Gasteiger partial charge on any atom is 0.226 e.